The van der Waals surface area contributed by atoms with Gasteiger partial charge in [0.15, 0.2) is 0 Å². The van der Waals surface area contributed by atoms with E-state index in [0.717, 1.165) is 0 Å². The average molecular weight is 236 g/mol. The molecule has 3 aromatic rings. The van der Waals surface area contributed by atoms with Gasteiger partial charge in [-0.05, 0) is 12.1 Å². The second-order valence-corrected chi connectivity index (χ2v) is 4.64. The first-order valence-corrected chi connectivity index (χ1v) is 6.05. The molecule has 90 valence electrons. The van der Waals surface area contributed by atoms with Crippen molar-refractivity contribution in [3.8, 4) is 0 Å². The van der Waals surface area contributed by atoms with Gasteiger partial charge in [0.05, 0.1) is 16.7 Å². The van der Waals surface area contributed by atoms with Crippen molar-refractivity contribution in [2.24, 2.45) is 0 Å². The zero-order chi connectivity index (χ0) is 12.7. The monoisotopic (exact) mass is 236 g/mol. The molecular formula is C16H16N2. The Morgan fingerprint density at radius 2 is 1.72 bits per heavy atom. The minimum atomic E-state index is 1.21. The summed E-state index contributed by atoms with van der Waals surface area (Å²) in [5.74, 6) is 0. The van der Waals surface area contributed by atoms with E-state index in [1.807, 2.05) is 6.20 Å². The molecule has 0 aliphatic carbocycles. The number of para-hydroxylation sites is 2. The second-order valence-electron chi connectivity index (χ2n) is 4.64. The fourth-order valence-corrected chi connectivity index (χ4v) is 2.58. The number of hydrogen-bond acceptors (Lipinski definition) is 1. The molecule has 3 rings (SSSR count). The van der Waals surface area contributed by atoms with Gasteiger partial charge in [0.2, 0.25) is 0 Å². The zero-order valence-electron chi connectivity index (χ0n) is 10.7. The second kappa shape index (κ2) is 3.91. The van der Waals surface area contributed by atoms with Crippen LogP contribution in [0.3, 0.4) is 0 Å². The molecule has 2 aromatic carbocycles. The third kappa shape index (κ3) is 1.35. The van der Waals surface area contributed by atoms with Crippen LogP contribution >= 0.6 is 0 Å². The molecule has 0 N–H and O–H groups in total. The minimum Gasteiger partial charge on any atom is -0.376 e. The van der Waals surface area contributed by atoms with E-state index in [-0.39, 0.29) is 0 Å². The Labute approximate surface area is 107 Å². The number of fused-ring (bicyclic) bond motifs is 3. The van der Waals surface area contributed by atoms with Crippen molar-refractivity contribution in [1.29, 1.82) is 0 Å². The van der Waals surface area contributed by atoms with Crippen molar-refractivity contribution in [2.75, 3.05) is 19.0 Å². The molecule has 0 saturated heterocycles. The highest BCUT2D eigenvalue weighted by Crippen LogP contribution is 2.34. The lowest BCUT2D eigenvalue weighted by molar-refractivity contribution is 1.13. The van der Waals surface area contributed by atoms with E-state index in [0.29, 0.717) is 0 Å². The number of aromatic nitrogens is 1. The summed E-state index contributed by atoms with van der Waals surface area (Å²) in [6.07, 6.45) is 1.89. The van der Waals surface area contributed by atoms with Gasteiger partial charge in [0.1, 0.15) is 0 Å². The third-order valence-electron chi connectivity index (χ3n) is 3.37. The first-order valence-electron chi connectivity index (χ1n) is 6.05. The number of hydrogen-bond donors (Lipinski definition) is 0. The summed E-state index contributed by atoms with van der Waals surface area (Å²) in [5, 5.41) is 2.55. The predicted molar refractivity (Wildman–Crippen MR) is 80.2 cm³/mol. The van der Waals surface area contributed by atoms with Crippen molar-refractivity contribution in [1.82, 2.24) is 4.57 Å². The molecule has 0 aliphatic heterocycles. The van der Waals surface area contributed by atoms with Crippen molar-refractivity contribution in [3.05, 3.63) is 49.0 Å². The highest BCUT2D eigenvalue weighted by atomic mass is 15.1. The molecule has 0 radical (unpaired) electrons. The summed E-state index contributed by atoms with van der Waals surface area (Å²) >= 11 is 0. The third-order valence-corrected chi connectivity index (χ3v) is 3.37. The maximum absolute atomic E-state index is 3.95. The van der Waals surface area contributed by atoms with E-state index in [2.05, 4.69) is 72.6 Å². The standard InChI is InChI=1S/C16H16N2/c1-4-18-14-10-6-5-8-12(14)13-9-7-11-15(16(13)18)17(2)3/h4-11H,1H2,2-3H3. The van der Waals surface area contributed by atoms with Gasteiger partial charge in [-0.3, -0.25) is 0 Å². The van der Waals surface area contributed by atoms with Crippen LogP contribution in [0, 0.1) is 0 Å². The molecule has 0 amide bonds. The van der Waals surface area contributed by atoms with Crippen LogP contribution in [0.4, 0.5) is 5.69 Å². The van der Waals surface area contributed by atoms with Crippen LogP contribution in [0.15, 0.2) is 49.0 Å². The van der Waals surface area contributed by atoms with Crippen LogP contribution < -0.4 is 4.90 Å². The van der Waals surface area contributed by atoms with E-state index >= 15 is 0 Å². The van der Waals surface area contributed by atoms with Crippen molar-refractivity contribution in [3.63, 3.8) is 0 Å². The largest absolute Gasteiger partial charge is 0.376 e. The molecule has 0 aliphatic rings. The molecule has 0 unspecified atom stereocenters. The fourth-order valence-electron chi connectivity index (χ4n) is 2.58. The minimum absolute atomic E-state index is 1.21. The lowest BCUT2D eigenvalue weighted by Crippen LogP contribution is -2.09. The van der Waals surface area contributed by atoms with E-state index in [9.17, 15) is 0 Å². The Bertz CT molecular complexity index is 735. The van der Waals surface area contributed by atoms with Crippen molar-refractivity contribution >= 4 is 33.7 Å². The highest BCUT2D eigenvalue weighted by Gasteiger charge is 2.12. The molecule has 0 atom stereocenters. The normalized spacial score (nSPS) is 11.0. The Kier molecular flexibility index (Phi) is 2.37. The Morgan fingerprint density at radius 3 is 2.44 bits per heavy atom. The molecule has 0 saturated carbocycles. The summed E-state index contributed by atoms with van der Waals surface area (Å²) in [4.78, 5) is 2.14. The first-order chi connectivity index (χ1) is 8.74. The van der Waals surface area contributed by atoms with Crippen molar-refractivity contribution in [2.45, 2.75) is 0 Å². The molecule has 0 fully saturated rings. The van der Waals surface area contributed by atoms with Gasteiger partial charge in [0.25, 0.3) is 0 Å². The van der Waals surface area contributed by atoms with E-state index in [1.54, 1.807) is 0 Å². The molecule has 0 bridgehead atoms. The molecule has 2 nitrogen and oxygen atoms in total. The molecule has 0 spiro atoms. The first kappa shape index (κ1) is 10.9. The maximum Gasteiger partial charge on any atom is 0.0769 e. The number of rotatable bonds is 2. The Balaban J connectivity index is 2.60. The SMILES string of the molecule is C=Cn1c2ccccc2c2cccc(N(C)C)c21. The number of benzene rings is 2. The zero-order valence-corrected chi connectivity index (χ0v) is 10.7. The number of anilines is 1. The summed E-state index contributed by atoms with van der Waals surface area (Å²) in [6.45, 7) is 3.95. The quantitative estimate of drug-likeness (QED) is 0.653. The van der Waals surface area contributed by atoms with Gasteiger partial charge in [-0.15, -0.1) is 0 Å². The van der Waals surface area contributed by atoms with Gasteiger partial charge in [-0.2, -0.15) is 0 Å². The highest BCUT2D eigenvalue weighted by molar-refractivity contribution is 6.13. The van der Waals surface area contributed by atoms with Crippen LogP contribution in [-0.2, 0) is 0 Å². The Morgan fingerprint density at radius 1 is 1.00 bits per heavy atom. The van der Waals surface area contributed by atoms with E-state index in [4.69, 9.17) is 0 Å². The van der Waals surface area contributed by atoms with Crippen LogP contribution in [0.2, 0.25) is 0 Å². The topological polar surface area (TPSA) is 8.17 Å². The van der Waals surface area contributed by atoms with Gasteiger partial charge in [-0.25, -0.2) is 0 Å². The van der Waals surface area contributed by atoms with Gasteiger partial charge in [-0.1, -0.05) is 36.9 Å². The summed E-state index contributed by atoms with van der Waals surface area (Å²) in [7, 11) is 4.14. The summed E-state index contributed by atoms with van der Waals surface area (Å²) in [6, 6.07) is 14.9. The molecule has 2 heteroatoms. The number of nitrogens with zero attached hydrogens (tertiary/aromatic N) is 2. The van der Waals surface area contributed by atoms with Gasteiger partial charge < -0.3 is 9.47 Å². The van der Waals surface area contributed by atoms with Crippen LogP contribution in [0.5, 0.6) is 0 Å². The smallest absolute Gasteiger partial charge is 0.0769 e. The molecular weight excluding hydrogens is 220 g/mol. The average Bonchev–Trinajstić information content (AvgIpc) is 2.72. The predicted octanol–water partition coefficient (Wildman–Crippen LogP) is 3.96. The maximum atomic E-state index is 3.95. The molecule has 1 heterocycles. The van der Waals surface area contributed by atoms with Crippen LogP contribution in [-0.4, -0.2) is 18.7 Å². The fraction of sp³-hybridized carbons (Fsp3) is 0.125. The summed E-state index contributed by atoms with van der Waals surface area (Å²) in [5.41, 5.74) is 3.64. The molecule has 18 heavy (non-hydrogen) atoms. The van der Waals surface area contributed by atoms with Crippen LogP contribution in [0.1, 0.15) is 0 Å². The van der Waals surface area contributed by atoms with Crippen LogP contribution in [0.25, 0.3) is 28.0 Å². The van der Waals surface area contributed by atoms with Crippen molar-refractivity contribution < 1.29 is 0 Å². The van der Waals surface area contributed by atoms with Gasteiger partial charge in [0, 0.05) is 31.1 Å². The molecule has 1 aromatic heterocycles. The Hall–Kier alpha value is -2.22. The van der Waals surface area contributed by atoms with E-state index in [1.165, 1.54) is 27.5 Å². The van der Waals surface area contributed by atoms with E-state index < -0.39 is 0 Å². The lowest BCUT2D eigenvalue weighted by atomic mass is 10.1. The lowest BCUT2D eigenvalue weighted by Gasteiger charge is -2.15. The van der Waals surface area contributed by atoms with Gasteiger partial charge >= 0.3 is 0 Å². The summed E-state index contributed by atoms with van der Waals surface area (Å²) < 4.78 is 2.17.